The van der Waals surface area contributed by atoms with Gasteiger partial charge in [0.15, 0.2) is 0 Å². The summed E-state index contributed by atoms with van der Waals surface area (Å²) in [6.07, 6.45) is -4.80. The molecule has 0 bridgehead atoms. The average molecular weight is 538 g/mol. The molecule has 0 spiro atoms. The summed E-state index contributed by atoms with van der Waals surface area (Å²) >= 11 is 8.21. The summed E-state index contributed by atoms with van der Waals surface area (Å²) in [6, 6.07) is 3.72. The Balaban J connectivity index is 1.42. The Morgan fingerprint density at radius 3 is 2.86 bits per heavy atom. The van der Waals surface area contributed by atoms with Crippen molar-refractivity contribution in [3.63, 3.8) is 0 Å². The van der Waals surface area contributed by atoms with Gasteiger partial charge in [-0.3, -0.25) is 9.99 Å². The van der Waals surface area contributed by atoms with E-state index in [4.69, 9.17) is 16.3 Å². The van der Waals surface area contributed by atoms with Crippen molar-refractivity contribution in [1.29, 1.82) is 0 Å². The number of hydrogen-bond acceptors (Lipinski definition) is 5. The first-order valence-electron chi connectivity index (χ1n) is 9.03. The Morgan fingerprint density at radius 2 is 2.17 bits per heavy atom. The van der Waals surface area contributed by atoms with Gasteiger partial charge in [0.25, 0.3) is 0 Å². The number of fused-ring (bicyclic) bond motifs is 4. The van der Waals surface area contributed by atoms with Crippen molar-refractivity contribution in [2.75, 3.05) is 23.3 Å². The summed E-state index contributed by atoms with van der Waals surface area (Å²) in [5.41, 5.74) is 5.35. The summed E-state index contributed by atoms with van der Waals surface area (Å²) in [7, 11) is 0. The van der Waals surface area contributed by atoms with Crippen LogP contribution >= 0.6 is 34.2 Å². The standard InChI is InChI=1S/C18H16ClF3IN5O/c1-8(23)16-25-26-17(29-16)14-12-13-15(28(12)14)24-4-5-27(13)7-9-6-10(19)2-3-11(9)18(20,21)22/h2-3,6,8,17,24,26H,4-5,7H2,1H3. The van der Waals surface area contributed by atoms with E-state index in [-0.39, 0.29) is 22.3 Å². The number of rotatable bonds is 4. The van der Waals surface area contributed by atoms with Gasteiger partial charge in [-0.2, -0.15) is 13.2 Å². The second kappa shape index (κ2) is 6.59. The largest absolute Gasteiger partial charge is 0.448 e. The van der Waals surface area contributed by atoms with Crippen molar-refractivity contribution in [2.45, 2.75) is 29.8 Å². The topological polar surface area (TPSA) is 53.8 Å². The van der Waals surface area contributed by atoms with Gasteiger partial charge in [-0.15, -0.1) is 5.10 Å². The molecule has 1 aromatic rings. The average Bonchev–Trinajstić information content (AvgIpc) is 3.01. The molecule has 0 radical (unpaired) electrons. The maximum absolute atomic E-state index is 13.4. The van der Waals surface area contributed by atoms with Crippen molar-refractivity contribution in [3.8, 4) is 5.69 Å². The minimum atomic E-state index is -4.42. The van der Waals surface area contributed by atoms with E-state index in [1.54, 1.807) is 0 Å². The minimum Gasteiger partial charge on any atom is -0.448 e. The lowest BCUT2D eigenvalue weighted by Gasteiger charge is -2.35. The van der Waals surface area contributed by atoms with Gasteiger partial charge in [0.1, 0.15) is 22.9 Å². The van der Waals surface area contributed by atoms with E-state index in [0.29, 0.717) is 24.0 Å². The number of nitrogens with one attached hydrogen (secondary N) is 2. The fourth-order valence-corrected chi connectivity index (χ4v) is 4.34. The molecule has 0 aromatic heterocycles. The van der Waals surface area contributed by atoms with Crippen LogP contribution in [0.15, 0.2) is 23.3 Å². The molecule has 4 heterocycles. The van der Waals surface area contributed by atoms with Crippen molar-refractivity contribution < 1.29 is 17.9 Å². The summed E-state index contributed by atoms with van der Waals surface area (Å²) in [4.78, 5) is 1.96. The number of alkyl halides is 4. The summed E-state index contributed by atoms with van der Waals surface area (Å²) in [5.74, 6) is 1.53. The number of benzene rings is 1. The number of ether oxygens (including phenoxy) is 1. The molecule has 0 amide bonds. The third-order valence-corrected chi connectivity index (χ3v) is 5.94. The monoisotopic (exact) mass is 537 g/mol. The van der Waals surface area contributed by atoms with Crippen LogP contribution in [0.2, 0.25) is 5.02 Å². The van der Waals surface area contributed by atoms with Gasteiger partial charge >= 0.3 is 6.18 Å². The van der Waals surface area contributed by atoms with Crippen molar-refractivity contribution >= 4 is 51.6 Å². The van der Waals surface area contributed by atoms with Gasteiger partial charge in [0.05, 0.1) is 9.49 Å². The van der Waals surface area contributed by atoms with Gasteiger partial charge in [-0.1, -0.05) is 34.2 Å². The molecule has 4 aliphatic heterocycles. The van der Waals surface area contributed by atoms with Gasteiger partial charge < -0.3 is 15.0 Å². The van der Waals surface area contributed by atoms with Crippen LogP contribution in [0.25, 0.3) is 5.69 Å². The first kappa shape index (κ1) is 19.2. The molecule has 1 aromatic carbocycles. The van der Waals surface area contributed by atoms with E-state index in [9.17, 15) is 13.2 Å². The molecule has 4 aliphatic rings. The lowest BCUT2D eigenvalue weighted by Crippen LogP contribution is -2.36. The van der Waals surface area contributed by atoms with E-state index >= 15 is 0 Å². The molecule has 2 unspecified atom stereocenters. The molecular formula is C18H16ClF3IN5O. The molecule has 2 N–H and O–H groups in total. The van der Waals surface area contributed by atoms with Crippen molar-refractivity contribution in [2.24, 2.45) is 5.10 Å². The Kier molecular flexibility index (Phi) is 4.36. The van der Waals surface area contributed by atoms with Gasteiger partial charge in [-0.25, -0.2) is 0 Å². The minimum absolute atomic E-state index is 0.131. The quantitative estimate of drug-likeness (QED) is 0.376. The van der Waals surface area contributed by atoms with Gasteiger partial charge in [0, 0.05) is 24.7 Å². The molecule has 154 valence electrons. The van der Waals surface area contributed by atoms with Gasteiger partial charge in [0.2, 0.25) is 12.1 Å². The van der Waals surface area contributed by atoms with Crippen LogP contribution < -0.4 is 15.6 Å². The molecule has 0 saturated carbocycles. The van der Waals surface area contributed by atoms with Crippen LogP contribution in [0.3, 0.4) is 0 Å². The molecule has 0 aliphatic carbocycles. The Labute approximate surface area is 183 Å². The maximum Gasteiger partial charge on any atom is 0.416 e. The first-order valence-corrected chi connectivity index (χ1v) is 10.7. The predicted octanol–water partition coefficient (Wildman–Crippen LogP) is 4.65. The SMILES string of the molecule is CC(I)C1=NNC(c2c3c4c(n2-3)NCCN4Cc2cc(Cl)ccc2C(F)(F)F)O1. The summed E-state index contributed by atoms with van der Waals surface area (Å²) < 4.78 is 48.3. The number of anilines is 2. The third-order valence-electron chi connectivity index (χ3n) is 5.17. The van der Waals surface area contributed by atoms with Gasteiger partial charge in [-0.05, 0) is 30.7 Å². The fraction of sp³-hybridized carbons (Fsp3) is 0.389. The lowest BCUT2D eigenvalue weighted by molar-refractivity contribution is -0.138. The van der Waals surface area contributed by atoms with Crippen molar-refractivity contribution in [3.05, 3.63) is 40.0 Å². The van der Waals surface area contributed by atoms with Crippen LogP contribution in [-0.4, -0.2) is 27.5 Å². The number of aromatic nitrogens is 1. The molecule has 6 nitrogen and oxygen atoms in total. The molecule has 5 rings (SSSR count). The third kappa shape index (κ3) is 3.11. The number of hydrogen-bond donors (Lipinski definition) is 2. The zero-order chi connectivity index (χ0) is 20.5. The maximum atomic E-state index is 13.4. The highest BCUT2D eigenvalue weighted by atomic mass is 127. The molecule has 2 atom stereocenters. The van der Waals surface area contributed by atoms with E-state index in [1.165, 1.54) is 12.1 Å². The summed E-state index contributed by atoms with van der Waals surface area (Å²) in [5, 5.41) is 7.82. The predicted molar refractivity (Wildman–Crippen MR) is 113 cm³/mol. The fourth-order valence-electron chi connectivity index (χ4n) is 3.86. The number of nitrogens with zero attached hydrogens (tertiary/aromatic N) is 3. The molecule has 0 saturated heterocycles. The van der Waals surface area contributed by atoms with Crippen LogP contribution in [0.1, 0.15) is 30.0 Å². The van der Waals surface area contributed by atoms with Crippen molar-refractivity contribution in [1.82, 2.24) is 9.99 Å². The normalized spacial score (nSPS) is 20.4. The second-order valence-corrected chi connectivity index (χ2v) is 9.41. The van der Waals surface area contributed by atoms with E-state index in [1.807, 2.05) is 16.4 Å². The molecule has 0 fully saturated rings. The van der Waals surface area contributed by atoms with E-state index in [2.05, 4.69) is 38.4 Å². The van der Waals surface area contributed by atoms with Crippen LogP contribution in [0.5, 0.6) is 0 Å². The first-order chi connectivity index (χ1) is 13.8. The van der Waals surface area contributed by atoms with Crippen LogP contribution in [0.4, 0.5) is 24.7 Å². The Bertz CT molecular complexity index is 1040. The molecular weight excluding hydrogens is 522 g/mol. The van der Waals surface area contributed by atoms with Crippen LogP contribution in [0, 0.1) is 0 Å². The molecule has 11 heteroatoms. The smallest absolute Gasteiger partial charge is 0.416 e. The highest BCUT2D eigenvalue weighted by Gasteiger charge is 2.48. The molecule has 29 heavy (non-hydrogen) atoms. The zero-order valence-electron chi connectivity index (χ0n) is 15.1. The summed E-state index contributed by atoms with van der Waals surface area (Å²) in [6.45, 7) is 3.35. The highest BCUT2D eigenvalue weighted by Crippen LogP contribution is 2.57. The zero-order valence-corrected chi connectivity index (χ0v) is 18.1. The van der Waals surface area contributed by atoms with E-state index in [0.717, 1.165) is 29.0 Å². The second-order valence-electron chi connectivity index (χ2n) is 7.11. The lowest BCUT2D eigenvalue weighted by atomic mass is 10.1. The Hall–Kier alpha value is -1.82. The van der Waals surface area contributed by atoms with E-state index < -0.39 is 11.7 Å². The highest BCUT2D eigenvalue weighted by molar-refractivity contribution is 14.1. The van der Waals surface area contributed by atoms with Crippen LogP contribution in [-0.2, 0) is 17.5 Å². The number of hydrazone groups is 1. The number of halogens is 5. The Morgan fingerprint density at radius 1 is 1.38 bits per heavy atom.